The van der Waals surface area contributed by atoms with Gasteiger partial charge in [0, 0.05) is 18.0 Å². The Bertz CT molecular complexity index is 230. The molecule has 0 radical (unpaired) electrons. The summed E-state index contributed by atoms with van der Waals surface area (Å²) in [5.41, 5.74) is -0.310. The van der Waals surface area contributed by atoms with E-state index >= 15 is 0 Å². The van der Waals surface area contributed by atoms with Crippen LogP contribution in [0.1, 0.15) is 68.2 Å². The fourth-order valence-electron chi connectivity index (χ4n) is 1.01. The lowest BCUT2D eigenvalue weighted by Gasteiger charge is -2.22. The normalized spacial score (nSPS) is 11.5. The van der Waals surface area contributed by atoms with E-state index in [1.165, 1.54) is 12.8 Å². The molecule has 0 saturated heterocycles. The van der Waals surface area contributed by atoms with Gasteiger partial charge in [0.25, 0.3) is 0 Å². The highest BCUT2D eigenvalue weighted by atomic mass is 16.2. The summed E-state index contributed by atoms with van der Waals surface area (Å²) in [5, 5.41) is 6.23. The van der Waals surface area contributed by atoms with Gasteiger partial charge in [-0.2, -0.15) is 0 Å². The summed E-state index contributed by atoms with van der Waals surface area (Å²) < 4.78 is 0. The topological polar surface area (TPSA) is 41.1 Å². The van der Waals surface area contributed by atoms with E-state index in [2.05, 4.69) is 31.1 Å². The van der Waals surface area contributed by atoms with E-state index in [-0.39, 0.29) is 24.8 Å². The molecule has 0 heterocycles. The van der Waals surface area contributed by atoms with Crippen LogP contribution in [0.3, 0.4) is 0 Å². The minimum atomic E-state index is -0.310. The molecule has 0 aliphatic heterocycles. The standard InChI is InChI=1S/C12H24N2O.C4H10.CH4/c1-6-7-8-13-9-10(2)14-11(15)12(3,4)5;1-3-4-2;/h6,10,13H,1,7-9H2,2-5H3,(H,14,15);3-4H2,1-2H3;1H4. The van der Waals surface area contributed by atoms with Crippen molar-refractivity contribution in [2.24, 2.45) is 5.41 Å². The van der Waals surface area contributed by atoms with Crippen molar-refractivity contribution in [3.63, 3.8) is 0 Å². The molecule has 2 N–H and O–H groups in total. The van der Waals surface area contributed by atoms with Crippen LogP contribution in [-0.2, 0) is 4.79 Å². The van der Waals surface area contributed by atoms with E-state index in [0.717, 1.165) is 19.5 Å². The van der Waals surface area contributed by atoms with Crippen LogP contribution in [0, 0.1) is 5.41 Å². The van der Waals surface area contributed by atoms with Gasteiger partial charge < -0.3 is 10.6 Å². The Morgan fingerprint density at radius 2 is 1.75 bits per heavy atom. The molecule has 0 aliphatic carbocycles. The Morgan fingerprint density at radius 1 is 1.25 bits per heavy atom. The van der Waals surface area contributed by atoms with Crippen molar-refractivity contribution in [3.8, 4) is 0 Å². The van der Waals surface area contributed by atoms with Gasteiger partial charge >= 0.3 is 0 Å². The molecule has 122 valence electrons. The predicted octanol–water partition coefficient (Wildman–Crippen LogP) is 4.15. The third-order valence-electron chi connectivity index (χ3n) is 2.53. The minimum Gasteiger partial charge on any atom is -0.352 e. The Morgan fingerprint density at radius 3 is 2.10 bits per heavy atom. The largest absolute Gasteiger partial charge is 0.352 e. The van der Waals surface area contributed by atoms with Crippen molar-refractivity contribution in [3.05, 3.63) is 12.7 Å². The molecular formula is C17H38N2O. The van der Waals surface area contributed by atoms with Gasteiger partial charge in [-0.15, -0.1) is 6.58 Å². The number of nitrogens with one attached hydrogen (secondary N) is 2. The van der Waals surface area contributed by atoms with Gasteiger partial charge in [-0.05, 0) is 19.9 Å². The summed E-state index contributed by atoms with van der Waals surface area (Å²) in [4.78, 5) is 11.6. The molecule has 0 aliphatic rings. The average molecular weight is 287 g/mol. The molecule has 0 rings (SSSR count). The van der Waals surface area contributed by atoms with Crippen molar-refractivity contribution in [1.82, 2.24) is 10.6 Å². The van der Waals surface area contributed by atoms with E-state index in [9.17, 15) is 4.79 Å². The van der Waals surface area contributed by atoms with E-state index in [1.807, 2.05) is 33.8 Å². The summed E-state index contributed by atoms with van der Waals surface area (Å²) in [6.07, 6.45) is 5.48. The zero-order valence-electron chi connectivity index (χ0n) is 13.8. The lowest BCUT2D eigenvalue weighted by molar-refractivity contribution is -0.129. The molecule has 0 bridgehead atoms. The summed E-state index contributed by atoms with van der Waals surface area (Å²) >= 11 is 0. The molecular weight excluding hydrogens is 248 g/mol. The first-order chi connectivity index (χ1) is 8.79. The third-order valence-corrected chi connectivity index (χ3v) is 2.53. The quantitative estimate of drug-likeness (QED) is 0.545. The van der Waals surface area contributed by atoms with E-state index in [1.54, 1.807) is 0 Å². The van der Waals surface area contributed by atoms with Gasteiger partial charge in [0.15, 0.2) is 0 Å². The Kier molecular flexibility index (Phi) is 17.6. The number of hydrogen-bond donors (Lipinski definition) is 2. The van der Waals surface area contributed by atoms with Crippen LogP contribution in [-0.4, -0.2) is 25.0 Å². The fourth-order valence-corrected chi connectivity index (χ4v) is 1.01. The lowest BCUT2D eigenvalue weighted by atomic mass is 9.95. The fraction of sp³-hybridized carbons (Fsp3) is 0.824. The Hall–Kier alpha value is -0.830. The first-order valence-corrected chi connectivity index (χ1v) is 7.42. The maximum atomic E-state index is 11.6. The molecule has 3 nitrogen and oxygen atoms in total. The van der Waals surface area contributed by atoms with Crippen molar-refractivity contribution in [2.75, 3.05) is 13.1 Å². The number of carbonyl (C=O) groups excluding carboxylic acids is 1. The number of rotatable bonds is 7. The molecule has 0 spiro atoms. The molecule has 0 aromatic carbocycles. The number of carbonyl (C=O) groups is 1. The zero-order chi connectivity index (χ0) is 15.3. The molecule has 3 heteroatoms. The van der Waals surface area contributed by atoms with Crippen LogP contribution >= 0.6 is 0 Å². The minimum absolute atomic E-state index is 0. The van der Waals surface area contributed by atoms with E-state index in [0.29, 0.717) is 0 Å². The first kappa shape index (κ1) is 24.2. The monoisotopic (exact) mass is 286 g/mol. The second-order valence-corrected chi connectivity index (χ2v) is 5.91. The molecule has 20 heavy (non-hydrogen) atoms. The average Bonchev–Trinajstić information content (AvgIpc) is 2.34. The molecule has 0 aromatic heterocycles. The van der Waals surface area contributed by atoms with E-state index in [4.69, 9.17) is 0 Å². The second kappa shape index (κ2) is 14.6. The lowest BCUT2D eigenvalue weighted by Crippen LogP contribution is -2.44. The predicted molar refractivity (Wildman–Crippen MR) is 92.1 cm³/mol. The van der Waals surface area contributed by atoms with Crippen LogP contribution in [0.2, 0.25) is 0 Å². The van der Waals surface area contributed by atoms with Gasteiger partial charge in [-0.3, -0.25) is 4.79 Å². The summed E-state index contributed by atoms with van der Waals surface area (Å²) in [6, 6.07) is 0.168. The van der Waals surface area contributed by atoms with Crippen LogP contribution in [0.4, 0.5) is 0 Å². The summed E-state index contributed by atoms with van der Waals surface area (Å²) in [5.74, 6) is 0.0977. The van der Waals surface area contributed by atoms with Gasteiger partial charge in [-0.25, -0.2) is 0 Å². The van der Waals surface area contributed by atoms with Gasteiger partial charge in [-0.1, -0.05) is 61.0 Å². The number of hydrogen-bond acceptors (Lipinski definition) is 2. The molecule has 1 amide bonds. The van der Waals surface area contributed by atoms with Crippen LogP contribution in [0.25, 0.3) is 0 Å². The van der Waals surface area contributed by atoms with Crippen LogP contribution in [0.15, 0.2) is 12.7 Å². The Labute approximate surface area is 127 Å². The van der Waals surface area contributed by atoms with Crippen molar-refractivity contribution in [1.29, 1.82) is 0 Å². The molecule has 0 aromatic rings. The van der Waals surface area contributed by atoms with Crippen molar-refractivity contribution in [2.45, 2.75) is 74.3 Å². The van der Waals surface area contributed by atoms with Crippen molar-refractivity contribution < 1.29 is 4.79 Å². The molecule has 0 fully saturated rings. The Balaban J connectivity index is -0.000000508. The van der Waals surface area contributed by atoms with Gasteiger partial charge in [0.05, 0.1) is 0 Å². The van der Waals surface area contributed by atoms with Gasteiger partial charge in [0.2, 0.25) is 5.91 Å². The van der Waals surface area contributed by atoms with E-state index < -0.39 is 0 Å². The highest BCUT2D eigenvalue weighted by molar-refractivity contribution is 5.81. The second-order valence-electron chi connectivity index (χ2n) is 5.91. The van der Waals surface area contributed by atoms with Crippen LogP contribution in [0.5, 0.6) is 0 Å². The zero-order valence-corrected chi connectivity index (χ0v) is 13.8. The highest BCUT2D eigenvalue weighted by Crippen LogP contribution is 2.12. The third kappa shape index (κ3) is 17.2. The van der Waals surface area contributed by atoms with Gasteiger partial charge in [0.1, 0.15) is 0 Å². The van der Waals surface area contributed by atoms with Crippen molar-refractivity contribution >= 4 is 5.91 Å². The molecule has 1 unspecified atom stereocenters. The molecule has 0 saturated carbocycles. The SMILES string of the molecule is C.C=CCCNCC(C)NC(=O)C(C)(C)C.CCCC. The first-order valence-electron chi connectivity index (χ1n) is 7.42. The summed E-state index contributed by atoms with van der Waals surface area (Å²) in [7, 11) is 0. The molecule has 1 atom stereocenters. The number of amides is 1. The smallest absolute Gasteiger partial charge is 0.225 e. The maximum absolute atomic E-state index is 11.6. The maximum Gasteiger partial charge on any atom is 0.225 e. The summed E-state index contributed by atoms with van der Waals surface area (Å²) in [6.45, 7) is 17.5. The number of unbranched alkanes of at least 4 members (excludes halogenated alkanes) is 1. The van der Waals surface area contributed by atoms with Crippen LogP contribution < -0.4 is 10.6 Å². The highest BCUT2D eigenvalue weighted by Gasteiger charge is 2.22.